The van der Waals surface area contributed by atoms with E-state index >= 15 is 0 Å². The predicted molar refractivity (Wildman–Crippen MR) is 75.5 cm³/mol. The highest BCUT2D eigenvalue weighted by Crippen LogP contribution is 2.12. The molecule has 2 heteroatoms. The van der Waals surface area contributed by atoms with Crippen LogP contribution in [0.5, 0.6) is 0 Å². The molecule has 0 saturated heterocycles. The number of hydrogen-bond donors (Lipinski definition) is 0. The zero-order valence-electron chi connectivity index (χ0n) is 11.7. The summed E-state index contributed by atoms with van der Waals surface area (Å²) in [5, 5.41) is 0. The normalized spacial score (nSPS) is 22.1. The number of esters is 1. The summed E-state index contributed by atoms with van der Waals surface area (Å²) in [6, 6.07) is 0. The Hall–Kier alpha value is -0.790. The van der Waals surface area contributed by atoms with E-state index in [1.165, 1.54) is 57.8 Å². The minimum absolute atomic E-state index is 0.0380. The Balaban J connectivity index is 2.18. The molecule has 0 fully saturated rings. The van der Waals surface area contributed by atoms with Gasteiger partial charge < -0.3 is 4.74 Å². The van der Waals surface area contributed by atoms with Crippen molar-refractivity contribution in [3.63, 3.8) is 0 Å². The van der Waals surface area contributed by atoms with E-state index in [1.54, 1.807) is 0 Å². The maximum Gasteiger partial charge on any atom is 0.306 e. The molecule has 0 aromatic rings. The van der Waals surface area contributed by atoms with Gasteiger partial charge in [0, 0.05) is 6.42 Å². The second-order valence-corrected chi connectivity index (χ2v) is 5.23. The van der Waals surface area contributed by atoms with Crippen molar-refractivity contribution in [2.24, 2.45) is 0 Å². The van der Waals surface area contributed by atoms with Crippen LogP contribution in [0.1, 0.15) is 77.0 Å². The zero-order chi connectivity index (χ0) is 12.9. The zero-order valence-corrected chi connectivity index (χ0v) is 11.7. The van der Waals surface area contributed by atoms with Gasteiger partial charge in [0.2, 0.25) is 0 Å². The van der Waals surface area contributed by atoms with E-state index in [2.05, 4.69) is 6.08 Å². The minimum atomic E-state index is -0.0380. The summed E-state index contributed by atoms with van der Waals surface area (Å²) in [6.45, 7) is 0.457. The molecule has 1 rings (SSSR count). The van der Waals surface area contributed by atoms with Crippen LogP contribution in [0.3, 0.4) is 0 Å². The van der Waals surface area contributed by atoms with Gasteiger partial charge in [-0.2, -0.15) is 0 Å². The van der Waals surface area contributed by atoms with Crippen LogP contribution >= 0.6 is 0 Å². The van der Waals surface area contributed by atoms with Crippen LogP contribution in [0.25, 0.3) is 0 Å². The monoisotopic (exact) mass is 252 g/mol. The van der Waals surface area contributed by atoms with Crippen molar-refractivity contribution in [3.8, 4) is 0 Å². The predicted octanol–water partition coefficient (Wildman–Crippen LogP) is 4.78. The van der Waals surface area contributed by atoms with E-state index in [0.717, 1.165) is 12.8 Å². The fourth-order valence-electron chi connectivity index (χ4n) is 2.34. The molecular weight excluding hydrogens is 224 g/mol. The number of rotatable bonds is 0. The first-order valence-corrected chi connectivity index (χ1v) is 7.70. The molecule has 1 aliphatic rings. The van der Waals surface area contributed by atoms with Crippen molar-refractivity contribution >= 4 is 5.97 Å². The van der Waals surface area contributed by atoms with E-state index in [0.29, 0.717) is 13.0 Å². The molecule has 0 bridgehead atoms. The molecule has 18 heavy (non-hydrogen) atoms. The van der Waals surface area contributed by atoms with Crippen molar-refractivity contribution in [1.29, 1.82) is 0 Å². The Morgan fingerprint density at radius 2 is 1.28 bits per heavy atom. The summed E-state index contributed by atoms with van der Waals surface area (Å²) in [7, 11) is 0. The van der Waals surface area contributed by atoms with E-state index in [4.69, 9.17) is 4.74 Å². The fraction of sp³-hybridized carbons (Fsp3) is 0.812. The van der Waals surface area contributed by atoms with Gasteiger partial charge in [-0.25, -0.2) is 0 Å². The largest absolute Gasteiger partial charge is 0.461 e. The van der Waals surface area contributed by atoms with Crippen LogP contribution in [0.4, 0.5) is 0 Å². The van der Waals surface area contributed by atoms with Crippen LogP contribution in [-0.4, -0.2) is 12.6 Å². The van der Waals surface area contributed by atoms with Gasteiger partial charge in [-0.05, 0) is 19.3 Å². The number of cyclic esters (lactones) is 1. The SMILES string of the molecule is O=C1CCCCCCCCCCCCC=CCO1. The molecule has 1 heterocycles. The van der Waals surface area contributed by atoms with Crippen LogP contribution < -0.4 is 0 Å². The molecule has 104 valence electrons. The summed E-state index contributed by atoms with van der Waals surface area (Å²) < 4.78 is 5.14. The molecule has 2 nitrogen and oxygen atoms in total. The summed E-state index contributed by atoms with van der Waals surface area (Å²) in [5.41, 5.74) is 0. The summed E-state index contributed by atoms with van der Waals surface area (Å²) >= 11 is 0. The molecular formula is C16H28O2. The summed E-state index contributed by atoms with van der Waals surface area (Å²) in [4.78, 5) is 11.4. The molecule has 0 spiro atoms. The third kappa shape index (κ3) is 9.26. The number of hydrogen-bond acceptors (Lipinski definition) is 2. The maximum absolute atomic E-state index is 11.4. The average Bonchev–Trinajstić information content (AvgIpc) is 2.37. The van der Waals surface area contributed by atoms with Crippen molar-refractivity contribution in [2.45, 2.75) is 77.0 Å². The topological polar surface area (TPSA) is 26.3 Å². The molecule has 1 aliphatic heterocycles. The van der Waals surface area contributed by atoms with Crippen LogP contribution in [0.15, 0.2) is 12.2 Å². The number of allylic oxidation sites excluding steroid dienone is 1. The van der Waals surface area contributed by atoms with Gasteiger partial charge in [0.1, 0.15) is 6.61 Å². The highest BCUT2D eigenvalue weighted by molar-refractivity contribution is 5.69. The van der Waals surface area contributed by atoms with Gasteiger partial charge in [-0.15, -0.1) is 0 Å². The van der Waals surface area contributed by atoms with Crippen molar-refractivity contribution in [3.05, 3.63) is 12.2 Å². The molecule has 0 saturated carbocycles. The lowest BCUT2D eigenvalue weighted by Gasteiger charge is -2.02. The van der Waals surface area contributed by atoms with Gasteiger partial charge >= 0.3 is 5.97 Å². The quantitative estimate of drug-likeness (QED) is 0.458. The minimum Gasteiger partial charge on any atom is -0.461 e. The van der Waals surface area contributed by atoms with Crippen molar-refractivity contribution in [1.82, 2.24) is 0 Å². The Bertz CT molecular complexity index is 233. The first-order valence-electron chi connectivity index (χ1n) is 7.70. The lowest BCUT2D eigenvalue weighted by molar-refractivity contribution is -0.142. The smallest absolute Gasteiger partial charge is 0.306 e. The first kappa shape index (κ1) is 15.3. The molecule has 0 aliphatic carbocycles. The maximum atomic E-state index is 11.4. The summed E-state index contributed by atoms with van der Waals surface area (Å²) in [5.74, 6) is -0.0380. The third-order valence-corrected chi connectivity index (χ3v) is 3.51. The Kier molecular flexibility index (Phi) is 9.59. The molecule has 0 unspecified atom stereocenters. The highest BCUT2D eigenvalue weighted by Gasteiger charge is 2.01. The second-order valence-electron chi connectivity index (χ2n) is 5.23. The van der Waals surface area contributed by atoms with Gasteiger partial charge in [0.05, 0.1) is 0 Å². The van der Waals surface area contributed by atoms with Crippen LogP contribution in [-0.2, 0) is 9.53 Å². The highest BCUT2D eigenvalue weighted by atomic mass is 16.5. The number of carbonyl (C=O) groups excluding carboxylic acids is 1. The van der Waals surface area contributed by atoms with Crippen LogP contribution in [0, 0.1) is 0 Å². The average molecular weight is 252 g/mol. The molecule has 0 amide bonds. The molecule has 0 aromatic carbocycles. The lowest BCUT2D eigenvalue weighted by Crippen LogP contribution is -2.03. The van der Waals surface area contributed by atoms with E-state index < -0.39 is 0 Å². The first-order chi connectivity index (χ1) is 8.89. The molecule has 0 atom stereocenters. The number of carbonyl (C=O) groups is 1. The third-order valence-electron chi connectivity index (χ3n) is 3.51. The van der Waals surface area contributed by atoms with E-state index in [1.807, 2.05) is 6.08 Å². The van der Waals surface area contributed by atoms with Crippen molar-refractivity contribution in [2.75, 3.05) is 6.61 Å². The molecule has 0 aromatic heterocycles. The van der Waals surface area contributed by atoms with Gasteiger partial charge in [-0.1, -0.05) is 63.5 Å². The van der Waals surface area contributed by atoms with Gasteiger partial charge in [-0.3, -0.25) is 4.79 Å². The molecule has 0 radical (unpaired) electrons. The standard InChI is InChI=1S/C16H28O2/c17-16-14-12-10-8-6-4-2-1-3-5-7-9-11-13-15-18-16/h11,13H,1-10,12,14-15H2. The summed E-state index contributed by atoms with van der Waals surface area (Å²) in [6.07, 6.45) is 18.7. The molecule has 0 N–H and O–H groups in total. The Labute approximate surface area is 112 Å². The van der Waals surface area contributed by atoms with E-state index in [-0.39, 0.29) is 5.97 Å². The second kappa shape index (κ2) is 11.3. The van der Waals surface area contributed by atoms with Gasteiger partial charge in [0.25, 0.3) is 0 Å². The Morgan fingerprint density at radius 1 is 0.722 bits per heavy atom. The van der Waals surface area contributed by atoms with Crippen LogP contribution in [0.2, 0.25) is 0 Å². The van der Waals surface area contributed by atoms with Crippen molar-refractivity contribution < 1.29 is 9.53 Å². The van der Waals surface area contributed by atoms with E-state index in [9.17, 15) is 4.79 Å². The Morgan fingerprint density at radius 3 is 1.94 bits per heavy atom. The lowest BCUT2D eigenvalue weighted by atomic mass is 10.1. The van der Waals surface area contributed by atoms with Gasteiger partial charge in [0.15, 0.2) is 0 Å². The fourth-order valence-corrected chi connectivity index (χ4v) is 2.34. The number of ether oxygens (including phenoxy) is 1.